The predicted octanol–water partition coefficient (Wildman–Crippen LogP) is 0.319. The highest BCUT2D eigenvalue weighted by Crippen LogP contribution is 2.23. The molecule has 86 valence electrons. The Balaban J connectivity index is 4.89. The van der Waals surface area contributed by atoms with Crippen LogP contribution in [0.4, 0.5) is 0 Å². The number of rotatable bonds is 4. The van der Waals surface area contributed by atoms with Crippen molar-refractivity contribution in [2.45, 2.75) is 37.2 Å². The first-order valence-electron chi connectivity index (χ1n) is 3.81. The average Bonchev–Trinajstić information content (AvgIpc) is 1.80. The van der Waals surface area contributed by atoms with Crippen LogP contribution in [0.15, 0.2) is 0 Å². The van der Waals surface area contributed by atoms with E-state index in [4.69, 9.17) is 9.11 Å². The van der Waals surface area contributed by atoms with Gasteiger partial charge < -0.3 is 0 Å². The van der Waals surface area contributed by atoms with Gasteiger partial charge in [0.1, 0.15) is 0 Å². The Kier molecular flexibility index (Phi) is 3.71. The largest absolute Gasteiger partial charge is 0.285 e. The first-order chi connectivity index (χ1) is 5.88. The molecule has 1 unspecified atom stereocenters. The van der Waals surface area contributed by atoms with Crippen LogP contribution in [0.25, 0.3) is 0 Å². The summed E-state index contributed by atoms with van der Waals surface area (Å²) >= 11 is 0. The van der Waals surface area contributed by atoms with Gasteiger partial charge in [0, 0.05) is 0 Å². The molecule has 0 fully saturated rings. The summed E-state index contributed by atoms with van der Waals surface area (Å²) in [4.78, 5) is 0. The maximum atomic E-state index is 10.8. The molecule has 0 aliphatic heterocycles. The second-order valence-corrected chi connectivity index (χ2v) is 7.65. The summed E-state index contributed by atoms with van der Waals surface area (Å²) in [7, 11) is -8.61. The molecule has 0 rings (SSSR count). The lowest BCUT2D eigenvalue weighted by Gasteiger charge is -2.23. The van der Waals surface area contributed by atoms with Gasteiger partial charge >= 0.3 is 0 Å². The molecule has 0 aliphatic rings. The second kappa shape index (κ2) is 3.76. The minimum Gasteiger partial charge on any atom is -0.285 e. The molecule has 0 heterocycles. The van der Waals surface area contributed by atoms with E-state index in [2.05, 4.69) is 0 Å². The summed E-state index contributed by atoms with van der Waals surface area (Å²) in [5.74, 6) is 0. The van der Waals surface area contributed by atoms with Gasteiger partial charge in [-0.05, 0) is 27.2 Å². The standard InChI is InChI=1S/C6H14O6S2/c1-5(13(7,8)9)4-6(2,3)14(10,11)12/h5H,4H2,1-3H3,(H,7,8,9)(H,10,11,12). The zero-order valence-corrected chi connectivity index (χ0v) is 9.76. The van der Waals surface area contributed by atoms with Crippen LogP contribution >= 0.6 is 0 Å². The van der Waals surface area contributed by atoms with Gasteiger partial charge in [-0.15, -0.1) is 0 Å². The van der Waals surface area contributed by atoms with Crippen molar-refractivity contribution in [1.29, 1.82) is 0 Å². The molecule has 0 aromatic heterocycles. The second-order valence-electron chi connectivity index (χ2n) is 3.76. The van der Waals surface area contributed by atoms with Gasteiger partial charge in [0.05, 0.1) is 10.00 Å². The van der Waals surface area contributed by atoms with Crippen LogP contribution in [-0.2, 0) is 20.2 Å². The summed E-state index contributed by atoms with van der Waals surface area (Å²) in [5, 5.41) is -1.24. The quantitative estimate of drug-likeness (QED) is 0.691. The third-order valence-electron chi connectivity index (χ3n) is 1.99. The molecule has 0 saturated carbocycles. The molecule has 0 aliphatic carbocycles. The lowest BCUT2D eigenvalue weighted by atomic mass is 10.1. The minimum atomic E-state index is -4.33. The lowest BCUT2D eigenvalue weighted by Crippen LogP contribution is -2.36. The number of hydrogen-bond donors (Lipinski definition) is 2. The van der Waals surface area contributed by atoms with E-state index in [-0.39, 0.29) is 6.42 Å². The predicted molar refractivity (Wildman–Crippen MR) is 51.3 cm³/mol. The highest BCUT2D eigenvalue weighted by molar-refractivity contribution is 7.87. The first kappa shape index (κ1) is 13.8. The molecule has 1 atom stereocenters. The van der Waals surface area contributed by atoms with Gasteiger partial charge in [-0.25, -0.2) is 0 Å². The molecule has 0 aromatic carbocycles. The van der Waals surface area contributed by atoms with Gasteiger partial charge in [-0.1, -0.05) is 0 Å². The van der Waals surface area contributed by atoms with E-state index < -0.39 is 30.2 Å². The van der Waals surface area contributed by atoms with E-state index in [1.807, 2.05) is 0 Å². The monoisotopic (exact) mass is 246 g/mol. The Bertz CT molecular complexity index is 390. The first-order valence-corrected chi connectivity index (χ1v) is 6.75. The fourth-order valence-corrected chi connectivity index (χ4v) is 2.10. The van der Waals surface area contributed by atoms with Crippen molar-refractivity contribution in [3.63, 3.8) is 0 Å². The summed E-state index contributed by atoms with van der Waals surface area (Å²) in [5.41, 5.74) is 0. The van der Waals surface area contributed by atoms with Gasteiger partial charge in [0.2, 0.25) is 0 Å². The summed E-state index contributed by atoms with van der Waals surface area (Å²) in [6.45, 7) is 3.54. The fourth-order valence-electron chi connectivity index (χ4n) is 0.903. The van der Waals surface area contributed by atoms with E-state index in [0.29, 0.717) is 0 Å². The van der Waals surface area contributed by atoms with Crippen molar-refractivity contribution in [2.24, 2.45) is 0 Å². The van der Waals surface area contributed by atoms with Crippen LogP contribution in [-0.4, -0.2) is 35.9 Å². The van der Waals surface area contributed by atoms with Crippen LogP contribution in [0.2, 0.25) is 0 Å². The third-order valence-corrected chi connectivity index (χ3v) is 4.73. The van der Waals surface area contributed by atoms with Crippen molar-refractivity contribution in [3.8, 4) is 0 Å². The molecule has 6 nitrogen and oxygen atoms in total. The molecule has 2 N–H and O–H groups in total. The molecular formula is C6H14O6S2. The Morgan fingerprint density at radius 3 is 1.71 bits per heavy atom. The molecule has 0 radical (unpaired) electrons. The van der Waals surface area contributed by atoms with E-state index in [9.17, 15) is 16.8 Å². The Hall–Kier alpha value is -0.180. The molecule has 8 heteroatoms. The highest BCUT2D eigenvalue weighted by atomic mass is 32.2. The SMILES string of the molecule is CC(CC(C)(C)S(=O)(=O)O)S(=O)(=O)O. The van der Waals surface area contributed by atoms with Crippen LogP contribution in [0.5, 0.6) is 0 Å². The van der Waals surface area contributed by atoms with Crippen molar-refractivity contribution in [2.75, 3.05) is 0 Å². The van der Waals surface area contributed by atoms with E-state index >= 15 is 0 Å². The van der Waals surface area contributed by atoms with Gasteiger partial charge in [0.25, 0.3) is 20.2 Å². The highest BCUT2D eigenvalue weighted by Gasteiger charge is 2.37. The smallest absolute Gasteiger partial charge is 0.270 e. The Morgan fingerprint density at radius 1 is 1.14 bits per heavy atom. The van der Waals surface area contributed by atoms with Crippen LogP contribution in [0.3, 0.4) is 0 Å². The van der Waals surface area contributed by atoms with E-state index in [1.54, 1.807) is 0 Å². The van der Waals surface area contributed by atoms with Crippen molar-refractivity contribution in [1.82, 2.24) is 0 Å². The Labute approximate surface area is 83.8 Å². The molecule has 0 aromatic rings. The van der Waals surface area contributed by atoms with Crippen molar-refractivity contribution in [3.05, 3.63) is 0 Å². The molecule has 0 amide bonds. The summed E-state index contributed by atoms with van der Waals surface area (Å²) < 4.78 is 58.6. The fraction of sp³-hybridized carbons (Fsp3) is 1.00. The molecular weight excluding hydrogens is 232 g/mol. The third kappa shape index (κ3) is 3.52. The van der Waals surface area contributed by atoms with E-state index in [1.165, 1.54) is 20.8 Å². The summed E-state index contributed by atoms with van der Waals surface area (Å²) in [6.07, 6.45) is -0.370. The molecule has 0 saturated heterocycles. The maximum absolute atomic E-state index is 10.8. The molecule has 0 spiro atoms. The number of hydrogen-bond acceptors (Lipinski definition) is 4. The van der Waals surface area contributed by atoms with Gasteiger partial charge in [-0.3, -0.25) is 9.11 Å². The Morgan fingerprint density at radius 2 is 1.50 bits per heavy atom. The molecule has 0 bridgehead atoms. The average molecular weight is 246 g/mol. The van der Waals surface area contributed by atoms with Crippen LogP contribution < -0.4 is 0 Å². The molecule has 14 heavy (non-hydrogen) atoms. The van der Waals surface area contributed by atoms with Crippen LogP contribution in [0, 0.1) is 0 Å². The van der Waals surface area contributed by atoms with Gasteiger partial charge in [0.15, 0.2) is 0 Å². The van der Waals surface area contributed by atoms with Crippen molar-refractivity contribution >= 4 is 20.2 Å². The normalized spacial score (nSPS) is 16.6. The topological polar surface area (TPSA) is 109 Å². The maximum Gasteiger partial charge on any atom is 0.270 e. The van der Waals surface area contributed by atoms with E-state index in [0.717, 1.165) is 0 Å². The zero-order chi connectivity index (χ0) is 11.8. The lowest BCUT2D eigenvalue weighted by molar-refractivity contribution is 0.419. The zero-order valence-electron chi connectivity index (χ0n) is 8.13. The van der Waals surface area contributed by atoms with Gasteiger partial charge in [-0.2, -0.15) is 16.8 Å². The summed E-state index contributed by atoms with van der Waals surface area (Å²) in [6, 6.07) is 0. The van der Waals surface area contributed by atoms with Crippen molar-refractivity contribution < 1.29 is 25.9 Å². The minimum absolute atomic E-state index is 0.370. The van der Waals surface area contributed by atoms with Crippen LogP contribution in [0.1, 0.15) is 27.2 Å².